The van der Waals surface area contributed by atoms with Gasteiger partial charge < -0.3 is 4.74 Å². The van der Waals surface area contributed by atoms with E-state index < -0.39 is 5.82 Å². The van der Waals surface area contributed by atoms with Gasteiger partial charge in [-0.1, -0.05) is 11.6 Å². The van der Waals surface area contributed by atoms with Crippen molar-refractivity contribution in [3.63, 3.8) is 0 Å². The van der Waals surface area contributed by atoms with Crippen molar-refractivity contribution in [3.8, 4) is 11.3 Å². The minimum absolute atomic E-state index is 0.0701. The van der Waals surface area contributed by atoms with Crippen LogP contribution in [0.3, 0.4) is 0 Å². The normalized spacial score (nSPS) is 18.7. The Morgan fingerprint density at radius 1 is 1.18 bits per heavy atom. The second kappa shape index (κ2) is 8.39. The van der Waals surface area contributed by atoms with Crippen LogP contribution in [0.4, 0.5) is 4.39 Å². The number of ether oxygens (including phenoxy) is 1. The third-order valence-corrected chi connectivity index (χ3v) is 6.71. The predicted molar refractivity (Wildman–Crippen MR) is 125 cm³/mol. The third kappa shape index (κ3) is 3.96. The van der Waals surface area contributed by atoms with E-state index in [1.807, 2.05) is 38.5 Å². The molecule has 1 aliphatic rings. The highest BCUT2D eigenvalue weighted by molar-refractivity contribution is 6.30. The maximum absolute atomic E-state index is 15.0. The summed E-state index contributed by atoms with van der Waals surface area (Å²) in [5.41, 5.74) is 4.34. The molecule has 8 heteroatoms. The highest BCUT2D eigenvalue weighted by atomic mass is 35.5. The second-order valence-corrected chi connectivity index (χ2v) is 9.08. The summed E-state index contributed by atoms with van der Waals surface area (Å²) in [5, 5.41) is 4.57. The smallest absolute Gasteiger partial charge is 0.261 e. The van der Waals surface area contributed by atoms with Crippen LogP contribution in [0.2, 0.25) is 5.02 Å². The van der Waals surface area contributed by atoms with Crippen molar-refractivity contribution in [2.75, 3.05) is 6.61 Å². The summed E-state index contributed by atoms with van der Waals surface area (Å²) in [6, 6.07) is 8.36. The predicted octanol–water partition coefficient (Wildman–Crippen LogP) is 5.14. The van der Waals surface area contributed by atoms with Gasteiger partial charge in [-0.05, 0) is 68.5 Å². The number of aromatic nitrogens is 4. The molecular weight excluding hydrogens is 443 g/mol. The number of fused-ring (bicyclic) bond motifs is 1. The van der Waals surface area contributed by atoms with E-state index >= 15 is 0 Å². The molecule has 0 bridgehead atoms. The first-order chi connectivity index (χ1) is 15.8. The fourth-order valence-corrected chi connectivity index (χ4v) is 4.70. The Morgan fingerprint density at radius 2 is 2.00 bits per heavy atom. The lowest BCUT2D eigenvalue weighted by molar-refractivity contribution is 0.00523. The molecule has 2 unspecified atom stereocenters. The van der Waals surface area contributed by atoms with Crippen LogP contribution < -0.4 is 5.56 Å². The van der Waals surface area contributed by atoms with Crippen molar-refractivity contribution < 1.29 is 9.13 Å². The van der Waals surface area contributed by atoms with Crippen LogP contribution in [0, 0.1) is 19.7 Å². The molecule has 0 spiro atoms. The van der Waals surface area contributed by atoms with E-state index in [9.17, 15) is 9.18 Å². The summed E-state index contributed by atoms with van der Waals surface area (Å²) in [7, 11) is 1.88. The molecule has 0 radical (unpaired) electrons. The van der Waals surface area contributed by atoms with Crippen LogP contribution in [0.15, 0.2) is 47.5 Å². The topological polar surface area (TPSA) is 61.4 Å². The van der Waals surface area contributed by atoms with Crippen molar-refractivity contribution in [3.05, 3.63) is 86.3 Å². The van der Waals surface area contributed by atoms with Crippen molar-refractivity contribution in [2.45, 2.75) is 38.7 Å². The van der Waals surface area contributed by atoms with E-state index in [-0.39, 0.29) is 17.6 Å². The number of benzene rings is 1. The van der Waals surface area contributed by atoms with E-state index in [4.69, 9.17) is 16.3 Å². The molecule has 0 N–H and O–H groups in total. The zero-order valence-corrected chi connectivity index (χ0v) is 19.4. The van der Waals surface area contributed by atoms with Gasteiger partial charge in [-0.15, -0.1) is 0 Å². The molecule has 3 aromatic heterocycles. The molecule has 1 aliphatic heterocycles. The quantitative estimate of drug-likeness (QED) is 0.419. The maximum Gasteiger partial charge on any atom is 0.261 e. The molecule has 0 saturated carbocycles. The van der Waals surface area contributed by atoms with E-state index in [0.717, 1.165) is 24.0 Å². The molecule has 2 atom stereocenters. The van der Waals surface area contributed by atoms with Gasteiger partial charge in [-0.2, -0.15) is 5.10 Å². The molecule has 0 aliphatic carbocycles. The average molecular weight is 467 g/mol. The van der Waals surface area contributed by atoms with Crippen LogP contribution in [0.5, 0.6) is 0 Å². The average Bonchev–Trinajstić information content (AvgIpc) is 3.23. The van der Waals surface area contributed by atoms with Crippen molar-refractivity contribution in [2.24, 2.45) is 7.05 Å². The zero-order valence-electron chi connectivity index (χ0n) is 18.7. The van der Waals surface area contributed by atoms with Gasteiger partial charge in [-0.25, -0.2) is 9.37 Å². The molecule has 6 nitrogen and oxygen atoms in total. The number of hydrogen-bond donors (Lipinski definition) is 0. The Balaban J connectivity index is 1.67. The Kier molecular flexibility index (Phi) is 5.54. The van der Waals surface area contributed by atoms with E-state index in [2.05, 4.69) is 10.1 Å². The molecule has 0 amide bonds. The van der Waals surface area contributed by atoms with Crippen LogP contribution in [0.1, 0.15) is 47.2 Å². The second-order valence-electron chi connectivity index (χ2n) is 8.65. The molecule has 5 rings (SSSR count). The zero-order chi connectivity index (χ0) is 23.3. The van der Waals surface area contributed by atoms with Gasteiger partial charge >= 0.3 is 0 Å². The Bertz CT molecular complexity index is 1430. The summed E-state index contributed by atoms with van der Waals surface area (Å²) >= 11 is 5.99. The summed E-state index contributed by atoms with van der Waals surface area (Å²) in [5.74, 6) is -0.312. The Hall–Kier alpha value is -3.03. The lowest BCUT2D eigenvalue weighted by atomic mass is 9.86. The molecule has 1 saturated heterocycles. The minimum Gasteiger partial charge on any atom is -0.373 e. The molecule has 33 heavy (non-hydrogen) atoms. The first-order valence-electron chi connectivity index (χ1n) is 10.9. The molecule has 4 aromatic rings. The van der Waals surface area contributed by atoms with Crippen LogP contribution in [-0.2, 0) is 11.8 Å². The SMILES string of the molecule is Cc1nc2cc(C3CCOC(c4cnn(C)c4)C3)cc(-c3ccc(Cl)cc3F)n2c(=O)c1C. The summed E-state index contributed by atoms with van der Waals surface area (Å²) < 4.78 is 24.3. The van der Waals surface area contributed by atoms with Crippen molar-refractivity contribution in [1.29, 1.82) is 0 Å². The Morgan fingerprint density at radius 3 is 2.73 bits per heavy atom. The third-order valence-electron chi connectivity index (χ3n) is 6.48. The van der Waals surface area contributed by atoms with Gasteiger partial charge in [0.1, 0.15) is 11.5 Å². The Labute approximate surface area is 195 Å². The molecular formula is C25H24ClFN4O2. The van der Waals surface area contributed by atoms with Gasteiger partial charge in [0.05, 0.1) is 18.0 Å². The van der Waals surface area contributed by atoms with Crippen molar-refractivity contribution in [1.82, 2.24) is 19.2 Å². The van der Waals surface area contributed by atoms with Gasteiger partial charge in [0.15, 0.2) is 0 Å². The molecule has 1 fully saturated rings. The van der Waals surface area contributed by atoms with Gasteiger partial charge in [0, 0.05) is 47.3 Å². The summed E-state index contributed by atoms with van der Waals surface area (Å²) in [6.45, 7) is 4.16. The van der Waals surface area contributed by atoms with Crippen LogP contribution in [-0.4, -0.2) is 25.8 Å². The standard InChI is InChI=1S/C25H24ClFN4O2/c1-14-15(2)29-24-10-17(16-6-7-33-23(9-16)18-12-28-30(3)13-18)8-22(31(24)25(14)32)20-5-4-19(26)11-21(20)27/h4-5,8,10-13,16,23H,6-7,9H2,1-3H3. The number of halogens is 2. The molecule has 1 aromatic carbocycles. The first-order valence-corrected chi connectivity index (χ1v) is 11.3. The lowest BCUT2D eigenvalue weighted by Crippen LogP contribution is -2.23. The highest BCUT2D eigenvalue weighted by Crippen LogP contribution is 2.39. The van der Waals surface area contributed by atoms with Crippen LogP contribution >= 0.6 is 11.6 Å². The number of rotatable bonds is 3. The van der Waals surface area contributed by atoms with Gasteiger partial charge in [-0.3, -0.25) is 13.9 Å². The van der Waals surface area contributed by atoms with Gasteiger partial charge in [0.2, 0.25) is 0 Å². The fourth-order valence-electron chi connectivity index (χ4n) is 4.54. The largest absolute Gasteiger partial charge is 0.373 e. The first kappa shape index (κ1) is 21.8. The summed E-state index contributed by atoms with van der Waals surface area (Å²) in [6.07, 6.45) is 5.31. The maximum atomic E-state index is 15.0. The van der Waals surface area contributed by atoms with Gasteiger partial charge in [0.25, 0.3) is 5.56 Å². The van der Waals surface area contributed by atoms with E-state index in [1.165, 1.54) is 10.5 Å². The number of aryl methyl sites for hydroxylation is 2. The summed E-state index contributed by atoms with van der Waals surface area (Å²) in [4.78, 5) is 17.9. The minimum atomic E-state index is -0.480. The number of nitrogens with zero attached hydrogens (tertiary/aromatic N) is 4. The van der Waals surface area contributed by atoms with Crippen LogP contribution in [0.25, 0.3) is 16.9 Å². The highest BCUT2D eigenvalue weighted by Gasteiger charge is 2.27. The molecule has 4 heterocycles. The van der Waals surface area contributed by atoms with E-state index in [1.54, 1.807) is 23.7 Å². The molecule has 170 valence electrons. The fraction of sp³-hybridized carbons (Fsp3) is 0.320. The monoisotopic (exact) mass is 466 g/mol. The van der Waals surface area contributed by atoms with Crippen molar-refractivity contribution >= 4 is 17.2 Å². The number of pyridine rings is 1. The lowest BCUT2D eigenvalue weighted by Gasteiger charge is -2.30. The van der Waals surface area contributed by atoms with E-state index in [0.29, 0.717) is 39.8 Å². The number of hydrogen-bond acceptors (Lipinski definition) is 4.